The van der Waals surface area contributed by atoms with Gasteiger partial charge in [0.15, 0.2) is 0 Å². The van der Waals surface area contributed by atoms with Gasteiger partial charge in [0, 0.05) is 19.4 Å². The van der Waals surface area contributed by atoms with Crippen LogP contribution in [0.4, 0.5) is 4.79 Å². The highest BCUT2D eigenvalue weighted by Gasteiger charge is 2.28. The summed E-state index contributed by atoms with van der Waals surface area (Å²) in [5, 5.41) is 11.4. The molecule has 0 radical (unpaired) electrons. The summed E-state index contributed by atoms with van der Waals surface area (Å²) in [7, 11) is 0. The Balaban J connectivity index is 2.83. The third kappa shape index (κ3) is 10.2. The average molecular weight is 395 g/mol. The highest BCUT2D eigenvalue weighted by atomic mass is 16.6. The maximum absolute atomic E-state index is 12.6. The normalized spacial score (nSPS) is 12.8. The van der Waals surface area contributed by atoms with E-state index in [9.17, 15) is 9.59 Å². The van der Waals surface area contributed by atoms with Crippen molar-refractivity contribution in [3.05, 3.63) is 29.8 Å². The molecule has 7 heteroatoms. The van der Waals surface area contributed by atoms with Crippen LogP contribution in [0.1, 0.15) is 53.5 Å². The second-order valence-electron chi connectivity index (χ2n) is 8.51. The summed E-state index contributed by atoms with van der Waals surface area (Å²) in [5.41, 5.74) is -0.507. The molecular weight excluding hydrogens is 362 g/mol. The molecule has 1 rings (SSSR count). The SMILES string of the molecule is CC(C)(C)OC(=O)NC(Cc1ccc(OCCCO)cc1)C(=O)OC(C)(C)C. The van der Waals surface area contributed by atoms with E-state index < -0.39 is 29.3 Å². The minimum atomic E-state index is -0.879. The molecule has 0 aliphatic carbocycles. The number of carbonyl (C=O) groups is 2. The van der Waals surface area contributed by atoms with E-state index in [-0.39, 0.29) is 13.0 Å². The van der Waals surface area contributed by atoms with Gasteiger partial charge in [0.05, 0.1) is 6.61 Å². The number of amides is 1. The molecule has 158 valence electrons. The second-order valence-corrected chi connectivity index (χ2v) is 8.51. The fourth-order valence-electron chi connectivity index (χ4n) is 2.23. The summed E-state index contributed by atoms with van der Waals surface area (Å²) < 4.78 is 16.2. The van der Waals surface area contributed by atoms with E-state index in [2.05, 4.69) is 5.32 Å². The molecule has 0 saturated carbocycles. The van der Waals surface area contributed by atoms with Crippen molar-refractivity contribution in [2.45, 2.75) is 71.6 Å². The van der Waals surface area contributed by atoms with E-state index in [1.54, 1.807) is 53.7 Å². The van der Waals surface area contributed by atoms with Crippen LogP contribution in [0, 0.1) is 0 Å². The minimum absolute atomic E-state index is 0.0754. The van der Waals surface area contributed by atoms with Gasteiger partial charge < -0.3 is 24.6 Å². The second kappa shape index (κ2) is 10.3. The lowest BCUT2D eigenvalue weighted by atomic mass is 10.1. The largest absolute Gasteiger partial charge is 0.494 e. The monoisotopic (exact) mass is 395 g/mol. The smallest absolute Gasteiger partial charge is 0.408 e. The number of aliphatic hydroxyl groups excluding tert-OH is 1. The Morgan fingerprint density at radius 2 is 1.57 bits per heavy atom. The number of ether oxygens (including phenoxy) is 3. The van der Waals surface area contributed by atoms with Crippen molar-refractivity contribution in [3.63, 3.8) is 0 Å². The topological polar surface area (TPSA) is 94.1 Å². The maximum atomic E-state index is 12.6. The van der Waals surface area contributed by atoms with Crippen LogP contribution in [-0.4, -0.2) is 47.6 Å². The number of esters is 1. The molecule has 2 N–H and O–H groups in total. The van der Waals surface area contributed by atoms with Gasteiger partial charge in [-0.2, -0.15) is 0 Å². The van der Waals surface area contributed by atoms with Crippen molar-refractivity contribution in [1.29, 1.82) is 0 Å². The summed E-state index contributed by atoms with van der Waals surface area (Å²) in [5.74, 6) is 0.146. The molecule has 0 aromatic heterocycles. The van der Waals surface area contributed by atoms with Gasteiger partial charge >= 0.3 is 12.1 Å². The number of alkyl carbamates (subject to hydrolysis) is 1. The van der Waals surface area contributed by atoms with Crippen molar-refractivity contribution in [2.75, 3.05) is 13.2 Å². The number of rotatable bonds is 8. The van der Waals surface area contributed by atoms with Crippen LogP contribution in [0.5, 0.6) is 5.75 Å². The molecule has 0 fully saturated rings. The fourth-order valence-corrected chi connectivity index (χ4v) is 2.23. The number of carbonyl (C=O) groups excluding carboxylic acids is 2. The summed E-state index contributed by atoms with van der Waals surface area (Å²) in [4.78, 5) is 24.7. The Morgan fingerprint density at radius 3 is 2.07 bits per heavy atom. The molecule has 1 aromatic rings. The Morgan fingerprint density at radius 1 is 1.00 bits per heavy atom. The first-order chi connectivity index (χ1) is 12.9. The quantitative estimate of drug-likeness (QED) is 0.518. The van der Waals surface area contributed by atoms with Crippen molar-refractivity contribution in [1.82, 2.24) is 5.32 Å². The molecule has 0 saturated heterocycles. The van der Waals surface area contributed by atoms with Gasteiger partial charge in [-0.05, 0) is 59.2 Å². The molecule has 0 aliphatic heterocycles. The molecule has 1 atom stereocenters. The third-order valence-corrected chi connectivity index (χ3v) is 3.32. The van der Waals surface area contributed by atoms with Crippen molar-refractivity contribution in [2.24, 2.45) is 0 Å². The van der Waals surface area contributed by atoms with Gasteiger partial charge in [0.2, 0.25) is 0 Å². The number of hydrogen-bond donors (Lipinski definition) is 2. The molecule has 1 unspecified atom stereocenters. The van der Waals surface area contributed by atoms with Crippen LogP contribution in [0.2, 0.25) is 0 Å². The number of hydrogen-bond acceptors (Lipinski definition) is 6. The van der Waals surface area contributed by atoms with Crippen LogP contribution < -0.4 is 10.1 Å². The summed E-state index contributed by atoms with van der Waals surface area (Å²) in [6.45, 7) is 11.1. The molecular formula is C21H33NO6. The minimum Gasteiger partial charge on any atom is -0.494 e. The average Bonchev–Trinajstić information content (AvgIpc) is 2.52. The molecule has 7 nitrogen and oxygen atoms in total. The maximum Gasteiger partial charge on any atom is 0.408 e. The summed E-state index contributed by atoms with van der Waals surface area (Å²) in [6.07, 6.45) is 0.139. The zero-order valence-electron chi connectivity index (χ0n) is 17.7. The Bertz CT molecular complexity index is 628. The summed E-state index contributed by atoms with van der Waals surface area (Å²) in [6, 6.07) is 6.33. The van der Waals surface area contributed by atoms with Crippen molar-refractivity contribution in [3.8, 4) is 5.75 Å². The Kier molecular flexibility index (Phi) is 8.75. The standard InChI is InChI=1S/C21H33NO6/c1-20(2,3)27-18(24)17(22-19(25)28-21(4,5)6)14-15-8-10-16(11-9-15)26-13-7-12-23/h8-11,17,23H,7,12-14H2,1-6H3,(H,22,25). The van der Waals surface area contributed by atoms with Crippen LogP contribution in [0.15, 0.2) is 24.3 Å². The highest BCUT2D eigenvalue weighted by Crippen LogP contribution is 2.16. The van der Waals surface area contributed by atoms with Crippen LogP contribution in [-0.2, 0) is 20.7 Å². The number of benzene rings is 1. The first-order valence-electron chi connectivity index (χ1n) is 9.44. The molecule has 0 aliphatic rings. The predicted octanol–water partition coefficient (Wildman–Crippen LogP) is 3.23. The van der Waals surface area contributed by atoms with Crippen LogP contribution in [0.3, 0.4) is 0 Å². The lowest BCUT2D eigenvalue weighted by molar-refractivity contribution is -0.157. The molecule has 28 heavy (non-hydrogen) atoms. The fraction of sp³-hybridized carbons (Fsp3) is 0.619. The van der Waals surface area contributed by atoms with Gasteiger partial charge in [-0.3, -0.25) is 0 Å². The molecule has 1 aromatic carbocycles. The third-order valence-electron chi connectivity index (χ3n) is 3.32. The van der Waals surface area contributed by atoms with Gasteiger partial charge in [-0.25, -0.2) is 9.59 Å². The summed E-state index contributed by atoms with van der Waals surface area (Å²) >= 11 is 0. The van der Waals surface area contributed by atoms with E-state index in [1.165, 1.54) is 0 Å². The highest BCUT2D eigenvalue weighted by molar-refractivity contribution is 5.82. The van der Waals surface area contributed by atoms with E-state index in [1.807, 2.05) is 12.1 Å². The lowest BCUT2D eigenvalue weighted by Crippen LogP contribution is -2.47. The van der Waals surface area contributed by atoms with Crippen molar-refractivity contribution >= 4 is 12.1 Å². The van der Waals surface area contributed by atoms with Gasteiger partial charge in [0.1, 0.15) is 23.0 Å². The van der Waals surface area contributed by atoms with E-state index in [4.69, 9.17) is 19.3 Å². The van der Waals surface area contributed by atoms with Crippen LogP contribution in [0.25, 0.3) is 0 Å². The Labute approximate surface area is 167 Å². The first-order valence-corrected chi connectivity index (χ1v) is 9.44. The van der Waals surface area contributed by atoms with E-state index in [0.717, 1.165) is 5.56 Å². The van der Waals surface area contributed by atoms with E-state index >= 15 is 0 Å². The van der Waals surface area contributed by atoms with Gasteiger partial charge in [-0.1, -0.05) is 12.1 Å². The Hall–Kier alpha value is -2.28. The van der Waals surface area contributed by atoms with Gasteiger partial charge in [0.25, 0.3) is 0 Å². The number of nitrogens with one attached hydrogen (secondary N) is 1. The predicted molar refractivity (Wildman–Crippen MR) is 106 cm³/mol. The van der Waals surface area contributed by atoms with Gasteiger partial charge in [-0.15, -0.1) is 0 Å². The molecule has 0 spiro atoms. The molecule has 0 bridgehead atoms. The molecule has 1 amide bonds. The van der Waals surface area contributed by atoms with E-state index in [0.29, 0.717) is 18.8 Å². The zero-order valence-corrected chi connectivity index (χ0v) is 17.7. The first kappa shape index (κ1) is 23.8. The lowest BCUT2D eigenvalue weighted by Gasteiger charge is -2.26. The number of aliphatic hydroxyl groups is 1. The van der Waals surface area contributed by atoms with Crippen LogP contribution >= 0.6 is 0 Å². The molecule has 0 heterocycles. The zero-order chi connectivity index (χ0) is 21.4. The van der Waals surface area contributed by atoms with Crippen molar-refractivity contribution < 1.29 is 28.9 Å².